The molecule has 1 fully saturated rings. The van der Waals surface area contributed by atoms with Crippen molar-refractivity contribution in [2.24, 2.45) is 0 Å². The average molecular weight is 649 g/mol. The van der Waals surface area contributed by atoms with Crippen LogP contribution in [0.25, 0.3) is 0 Å². The number of carboxylic acids is 3. The molecule has 1 aliphatic rings. The fraction of sp³-hybridized carbons (Fsp3) is 0.778. The highest BCUT2D eigenvalue weighted by Crippen LogP contribution is 2.12. The normalized spacial score (nSPS) is 14.4. The van der Waals surface area contributed by atoms with Crippen molar-refractivity contribution in [3.63, 3.8) is 0 Å². The second-order valence-electron chi connectivity index (χ2n) is 10.1. The van der Waals surface area contributed by atoms with E-state index >= 15 is 0 Å². The first-order valence-corrected chi connectivity index (χ1v) is 14.6. The van der Waals surface area contributed by atoms with Crippen molar-refractivity contribution in [1.29, 1.82) is 0 Å². The summed E-state index contributed by atoms with van der Waals surface area (Å²) in [5.74, 6) is -3.67. The third-order valence-electron chi connectivity index (χ3n) is 6.12. The first-order valence-electron chi connectivity index (χ1n) is 14.6. The first-order chi connectivity index (χ1) is 21.7. The Balaban J connectivity index is 1.84. The van der Waals surface area contributed by atoms with Gasteiger partial charge in [0.15, 0.2) is 0 Å². The van der Waals surface area contributed by atoms with Crippen LogP contribution in [0.2, 0.25) is 0 Å². The van der Waals surface area contributed by atoms with E-state index in [0.717, 1.165) is 6.61 Å². The van der Waals surface area contributed by atoms with Crippen molar-refractivity contribution in [2.45, 2.75) is 50.3 Å². The quantitative estimate of drug-likeness (QED) is 0.0577. The number of aliphatic carboxylic acids is 3. The van der Waals surface area contributed by atoms with Crippen LogP contribution >= 0.6 is 0 Å². The third-order valence-corrected chi connectivity index (χ3v) is 6.12. The standard InChI is InChI=1S/C27H44N4O14/c32-23(2-1-21-15-28-30-31(21)6-10-39-11-12-40-13-14-41-16-22-17-45-22)29-27(18-42-7-3-24(33)34,19-43-8-4-25(35)36)20-44-9-5-26(37)38/h15,22H,1-14,16-20H2,(H,29,32)(H,33,34)(H,35,36)(H,37,38). The number of epoxide rings is 1. The molecule has 0 aromatic carbocycles. The van der Waals surface area contributed by atoms with Crippen molar-refractivity contribution in [3.8, 4) is 0 Å². The monoisotopic (exact) mass is 648 g/mol. The third kappa shape index (κ3) is 19.0. The van der Waals surface area contributed by atoms with Crippen molar-refractivity contribution >= 4 is 23.8 Å². The predicted molar refractivity (Wildman–Crippen MR) is 151 cm³/mol. The van der Waals surface area contributed by atoms with Crippen LogP contribution in [0.4, 0.5) is 0 Å². The van der Waals surface area contributed by atoms with Gasteiger partial charge in [-0.1, -0.05) is 5.21 Å². The zero-order chi connectivity index (χ0) is 32.8. The van der Waals surface area contributed by atoms with Crippen LogP contribution < -0.4 is 5.32 Å². The van der Waals surface area contributed by atoms with Gasteiger partial charge in [0.05, 0.1) is 124 Å². The molecule has 256 valence electrons. The first kappa shape index (κ1) is 37.9. The van der Waals surface area contributed by atoms with Crippen molar-refractivity contribution in [3.05, 3.63) is 11.9 Å². The molecule has 1 aliphatic heterocycles. The number of amides is 1. The van der Waals surface area contributed by atoms with Crippen molar-refractivity contribution in [1.82, 2.24) is 20.3 Å². The predicted octanol–water partition coefficient (Wildman–Crippen LogP) is -1.01. The molecule has 18 heteroatoms. The van der Waals surface area contributed by atoms with Crippen molar-refractivity contribution in [2.75, 3.05) is 85.9 Å². The Kier molecular flexibility index (Phi) is 18.8. The Bertz CT molecular complexity index is 964. The van der Waals surface area contributed by atoms with E-state index in [1.807, 2.05) is 0 Å². The summed E-state index contributed by atoms with van der Waals surface area (Å²) in [6.07, 6.45) is 1.16. The van der Waals surface area contributed by atoms with Gasteiger partial charge in [-0.2, -0.15) is 0 Å². The van der Waals surface area contributed by atoms with Gasteiger partial charge in [0, 0.05) is 6.42 Å². The highest BCUT2D eigenvalue weighted by atomic mass is 16.6. The lowest BCUT2D eigenvalue weighted by Crippen LogP contribution is -2.58. The summed E-state index contributed by atoms with van der Waals surface area (Å²) in [5, 5.41) is 37.5. The van der Waals surface area contributed by atoms with E-state index in [4.69, 9.17) is 48.5 Å². The maximum atomic E-state index is 13.1. The number of hydrogen-bond donors (Lipinski definition) is 4. The zero-order valence-electron chi connectivity index (χ0n) is 25.3. The number of nitrogens with one attached hydrogen (secondary N) is 1. The Morgan fingerprint density at radius 3 is 1.80 bits per heavy atom. The summed E-state index contributed by atoms with van der Waals surface area (Å²) in [6, 6.07) is 0. The highest BCUT2D eigenvalue weighted by molar-refractivity contribution is 5.77. The summed E-state index contributed by atoms with van der Waals surface area (Å²) in [7, 11) is 0. The van der Waals surface area contributed by atoms with Gasteiger partial charge in [-0.15, -0.1) is 5.10 Å². The van der Waals surface area contributed by atoms with E-state index in [1.165, 1.54) is 6.20 Å². The Morgan fingerprint density at radius 2 is 1.29 bits per heavy atom. The number of carbonyl (C=O) groups excluding carboxylic acids is 1. The van der Waals surface area contributed by atoms with Crippen LogP contribution in [-0.2, 0) is 65.3 Å². The van der Waals surface area contributed by atoms with Gasteiger partial charge in [0.1, 0.15) is 11.6 Å². The molecule has 0 spiro atoms. The van der Waals surface area contributed by atoms with Crippen LogP contribution in [0.1, 0.15) is 31.4 Å². The van der Waals surface area contributed by atoms with Crippen LogP contribution in [0.5, 0.6) is 0 Å². The summed E-state index contributed by atoms with van der Waals surface area (Å²) in [6.45, 7) is 2.65. The zero-order valence-corrected chi connectivity index (χ0v) is 25.3. The van der Waals surface area contributed by atoms with Gasteiger partial charge < -0.3 is 53.8 Å². The molecule has 1 aromatic heterocycles. The lowest BCUT2D eigenvalue weighted by Gasteiger charge is -2.34. The lowest BCUT2D eigenvalue weighted by molar-refractivity contribution is -0.140. The SMILES string of the molecule is O=C(O)CCOCC(COCCC(=O)O)(COCCC(=O)O)NC(=O)CCc1cnnn1CCOCCOCCOCC1CO1. The number of ether oxygens (including phenoxy) is 7. The second-order valence-corrected chi connectivity index (χ2v) is 10.1. The largest absolute Gasteiger partial charge is 0.481 e. The minimum Gasteiger partial charge on any atom is -0.481 e. The molecule has 2 heterocycles. The molecule has 0 bridgehead atoms. The van der Waals surface area contributed by atoms with Crippen LogP contribution in [0.15, 0.2) is 6.20 Å². The molecule has 1 amide bonds. The number of rotatable bonds is 30. The van der Waals surface area contributed by atoms with Gasteiger partial charge in [0.25, 0.3) is 0 Å². The summed E-state index contributed by atoms with van der Waals surface area (Å²) < 4.78 is 39.6. The minimum absolute atomic E-state index is 0.00184. The molecule has 45 heavy (non-hydrogen) atoms. The number of carbonyl (C=O) groups is 4. The molecule has 0 saturated carbocycles. The molecule has 1 atom stereocenters. The Labute approximate surface area is 260 Å². The molecule has 2 rings (SSSR count). The summed E-state index contributed by atoms with van der Waals surface area (Å²) in [4.78, 5) is 45.8. The molecule has 0 aliphatic carbocycles. The summed E-state index contributed by atoms with van der Waals surface area (Å²) in [5.41, 5.74) is -0.667. The molecule has 18 nitrogen and oxygen atoms in total. The van der Waals surface area contributed by atoms with Gasteiger partial charge in [0.2, 0.25) is 5.91 Å². The topological polar surface area (TPSA) is 240 Å². The molecule has 0 radical (unpaired) electrons. The fourth-order valence-corrected chi connectivity index (χ4v) is 3.74. The van der Waals surface area contributed by atoms with E-state index in [0.29, 0.717) is 51.9 Å². The number of aryl methyl sites for hydroxylation is 1. The molecular weight excluding hydrogens is 604 g/mol. The van der Waals surface area contributed by atoms with Gasteiger partial charge in [-0.3, -0.25) is 19.2 Å². The molecule has 1 saturated heterocycles. The number of hydrogen-bond acceptors (Lipinski definition) is 13. The number of nitrogens with zero attached hydrogens (tertiary/aromatic N) is 3. The van der Waals surface area contributed by atoms with E-state index < -0.39 is 29.4 Å². The van der Waals surface area contributed by atoms with Gasteiger partial charge >= 0.3 is 17.9 Å². The molecule has 4 N–H and O–H groups in total. The van der Waals surface area contributed by atoms with E-state index in [9.17, 15) is 19.2 Å². The van der Waals surface area contributed by atoms with E-state index in [1.54, 1.807) is 4.68 Å². The maximum Gasteiger partial charge on any atom is 0.305 e. The second kappa shape index (κ2) is 22.3. The molecular formula is C27H44N4O14. The van der Waals surface area contributed by atoms with Crippen LogP contribution in [0, 0.1) is 0 Å². The van der Waals surface area contributed by atoms with Crippen molar-refractivity contribution < 1.29 is 67.7 Å². The smallest absolute Gasteiger partial charge is 0.305 e. The average Bonchev–Trinajstić information content (AvgIpc) is 3.71. The lowest BCUT2D eigenvalue weighted by atomic mass is 10.0. The summed E-state index contributed by atoms with van der Waals surface area (Å²) >= 11 is 0. The fourth-order valence-electron chi connectivity index (χ4n) is 3.74. The Morgan fingerprint density at radius 1 is 0.778 bits per heavy atom. The number of aromatic nitrogens is 3. The van der Waals surface area contributed by atoms with E-state index in [-0.39, 0.29) is 77.8 Å². The Hall–Kier alpha value is -3.26. The van der Waals surface area contributed by atoms with Crippen LogP contribution in [0.3, 0.4) is 0 Å². The van der Waals surface area contributed by atoms with E-state index in [2.05, 4.69) is 15.6 Å². The van der Waals surface area contributed by atoms with Gasteiger partial charge in [-0.25, -0.2) is 4.68 Å². The minimum atomic E-state index is -1.35. The molecule has 1 unspecified atom stereocenters. The molecule has 1 aromatic rings. The van der Waals surface area contributed by atoms with Crippen LogP contribution in [-0.4, -0.2) is 152 Å². The number of carboxylic acid groups (broad SMARTS) is 3. The maximum absolute atomic E-state index is 13.1. The van der Waals surface area contributed by atoms with Gasteiger partial charge in [-0.05, 0) is 6.42 Å². The highest BCUT2D eigenvalue weighted by Gasteiger charge is 2.34.